The summed E-state index contributed by atoms with van der Waals surface area (Å²) in [5, 5.41) is 7.81. The number of nitrogens with two attached hydrogens (primary N) is 1. The molecule has 0 saturated carbocycles. The van der Waals surface area contributed by atoms with Crippen molar-refractivity contribution in [3.05, 3.63) is 30.1 Å². The van der Waals surface area contributed by atoms with E-state index in [-0.39, 0.29) is 0 Å². The van der Waals surface area contributed by atoms with Crippen molar-refractivity contribution in [3.8, 4) is 0 Å². The number of rotatable bonds is 7. The lowest BCUT2D eigenvalue weighted by Gasteiger charge is -2.12. The number of hydrogen-bond donors (Lipinski definition) is 3. The van der Waals surface area contributed by atoms with Gasteiger partial charge < -0.3 is 25.7 Å². The summed E-state index contributed by atoms with van der Waals surface area (Å²) in [4.78, 5) is 9.27. The van der Waals surface area contributed by atoms with Crippen LogP contribution >= 0.6 is 12.2 Å². The molecule has 2 aromatic heterocycles. The minimum atomic E-state index is 0.464. The predicted molar refractivity (Wildman–Crippen MR) is 109 cm³/mol. The zero-order valence-corrected chi connectivity index (χ0v) is 15.9. The molecule has 3 rings (SSSR count). The summed E-state index contributed by atoms with van der Waals surface area (Å²) in [6, 6.07) is 8.02. The fourth-order valence-electron chi connectivity index (χ4n) is 3.06. The number of hydrogen-bond acceptors (Lipinski definition) is 5. The number of fused-ring (bicyclic) bond motifs is 3. The molecule has 0 aliphatic heterocycles. The monoisotopic (exact) mass is 372 g/mol. The van der Waals surface area contributed by atoms with Crippen molar-refractivity contribution in [2.75, 3.05) is 33.0 Å². The van der Waals surface area contributed by atoms with Gasteiger partial charge in [0.1, 0.15) is 11.3 Å². The van der Waals surface area contributed by atoms with Crippen LogP contribution < -0.4 is 16.4 Å². The number of thiocarbonyl (C=S) groups is 1. The Balaban J connectivity index is 2.00. The SMILES string of the molecule is CNC(=S)NCCCn1c(CCOC)nc2c(N)nc3ccccc3c21. The lowest BCUT2D eigenvalue weighted by Crippen LogP contribution is -2.33. The summed E-state index contributed by atoms with van der Waals surface area (Å²) in [5.41, 5.74) is 8.87. The molecule has 0 radical (unpaired) electrons. The highest BCUT2D eigenvalue weighted by atomic mass is 32.1. The Morgan fingerprint density at radius 3 is 2.88 bits per heavy atom. The summed E-state index contributed by atoms with van der Waals surface area (Å²) in [6.07, 6.45) is 1.63. The summed E-state index contributed by atoms with van der Waals surface area (Å²) >= 11 is 5.13. The Hall–Kier alpha value is -2.45. The van der Waals surface area contributed by atoms with E-state index in [9.17, 15) is 0 Å². The molecule has 0 fully saturated rings. The maximum Gasteiger partial charge on any atom is 0.166 e. The molecule has 8 heteroatoms. The molecule has 0 aliphatic rings. The topological polar surface area (TPSA) is 90.0 Å². The molecule has 0 aliphatic carbocycles. The fourth-order valence-corrected chi connectivity index (χ4v) is 3.16. The number of nitrogen functional groups attached to an aromatic ring is 1. The number of imidazole rings is 1. The maximum absolute atomic E-state index is 6.19. The van der Waals surface area contributed by atoms with E-state index >= 15 is 0 Å². The van der Waals surface area contributed by atoms with Crippen molar-refractivity contribution in [1.29, 1.82) is 0 Å². The number of nitrogens with zero attached hydrogens (tertiary/aromatic N) is 3. The van der Waals surface area contributed by atoms with Crippen LogP contribution in [0.5, 0.6) is 0 Å². The average Bonchev–Trinajstić information content (AvgIpc) is 3.02. The second-order valence-corrected chi connectivity index (χ2v) is 6.40. The third kappa shape index (κ3) is 3.71. The summed E-state index contributed by atoms with van der Waals surface area (Å²) in [5.74, 6) is 1.42. The largest absolute Gasteiger partial charge is 0.384 e. The van der Waals surface area contributed by atoms with Gasteiger partial charge in [-0.3, -0.25) is 0 Å². The van der Waals surface area contributed by atoms with E-state index < -0.39 is 0 Å². The first-order valence-corrected chi connectivity index (χ1v) is 9.04. The number of aryl methyl sites for hydroxylation is 1. The molecule has 26 heavy (non-hydrogen) atoms. The zero-order valence-electron chi connectivity index (χ0n) is 15.1. The van der Waals surface area contributed by atoms with Crippen LogP contribution in [0, 0.1) is 0 Å². The van der Waals surface area contributed by atoms with Crippen molar-refractivity contribution in [2.45, 2.75) is 19.4 Å². The molecule has 7 nitrogen and oxygen atoms in total. The van der Waals surface area contributed by atoms with Crippen LogP contribution in [-0.4, -0.2) is 47.0 Å². The van der Waals surface area contributed by atoms with Crippen molar-refractivity contribution < 1.29 is 4.74 Å². The van der Waals surface area contributed by atoms with Gasteiger partial charge in [-0.05, 0) is 24.7 Å². The summed E-state index contributed by atoms with van der Waals surface area (Å²) < 4.78 is 7.48. The number of anilines is 1. The standard InChI is InChI=1S/C18H24N6OS/c1-20-18(26)21-9-5-10-24-14(8-11-25-2)23-15-16(24)12-6-3-4-7-13(12)22-17(15)19/h3-4,6-7H,5,8-11H2,1-2H3,(H2,19,22)(H2,20,21,26). The third-order valence-electron chi connectivity index (χ3n) is 4.29. The molecule has 0 amide bonds. The van der Waals surface area contributed by atoms with Gasteiger partial charge in [0.15, 0.2) is 10.9 Å². The first-order chi connectivity index (χ1) is 12.7. The molecule has 2 heterocycles. The van der Waals surface area contributed by atoms with E-state index in [1.165, 1.54) is 0 Å². The van der Waals surface area contributed by atoms with Crippen LogP contribution in [0.2, 0.25) is 0 Å². The minimum absolute atomic E-state index is 0.464. The van der Waals surface area contributed by atoms with Gasteiger partial charge in [-0.15, -0.1) is 0 Å². The van der Waals surface area contributed by atoms with Crippen molar-refractivity contribution >= 4 is 45.1 Å². The lowest BCUT2D eigenvalue weighted by atomic mass is 10.2. The zero-order chi connectivity index (χ0) is 18.5. The van der Waals surface area contributed by atoms with Crippen LogP contribution in [0.3, 0.4) is 0 Å². The second kappa shape index (κ2) is 8.29. The number of para-hydroxylation sites is 1. The van der Waals surface area contributed by atoms with Gasteiger partial charge in [-0.25, -0.2) is 9.97 Å². The number of methoxy groups -OCH3 is 1. The van der Waals surface area contributed by atoms with Crippen molar-refractivity contribution in [3.63, 3.8) is 0 Å². The van der Waals surface area contributed by atoms with E-state index in [1.807, 2.05) is 25.2 Å². The second-order valence-electron chi connectivity index (χ2n) is 5.99. The summed E-state index contributed by atoms with van der Waals surface area (Å²) in [6.45, 7) is 2.20. The van der Waals surface area contributed by atoms with E-state index in [0.29, 0.717) is 17.5 Å². The normalized spacial score (nSPS) is 11.2. The molecule has 4 N–H and O–H groups in total. The Morgan fingerprint density at radius 1 is 1.31 bits per heavy atom. The number of aromatic nitrogens is 3. The number of benzene rings is 1. The van der Waals surface area contributed by atoms with Gasteiger partial charge in [-0.2, -0.15) is 0 Å². The van der Waals surface area contributed by atoms with Gasteiger partial charge in [0.2, 0.25) is 0 Å². The predicted octanol–water partition coefficient (Wildman–Crippen LogP) is 1.84. The van der Waals surface area contributed by atoms with Gasteiger partial charge in [0.05, 0.1) is 17.6 Å². The highest BCUT2D eigenvalue weighted by molar-refractivity contribution is 7.80. The Labute approximate surface area is 157 Å². The smallest absolute Gasteiger partial charge is 0.166 e. The van der Waals surface area contributed by atoms with Crippen molar-refractivity contribution in [2.24, 2.45) is 0 Å². The number of ether oxygens (including phenoxy) is 1. The van der Waals surface area contributed by atoms with Gasteiger partial charge in [0, 0.05) is 39.1 Å². The molecule has 0 spiro atoms. The Bertz CT molecular complexity index is 923. The molecular weight excluding hydrogens is 348 g/mol. The Morgan fingerprint density at radius 2 is 2.12 bits per heavy atom. The highest BCUT2D eigenvalue weighted by Crippen LogP contribution is 2.29. The minimum Gasteiger partial charge on any atom is -0.384 e. The number of nitrogens with one attached hydrogen (secondary N) is 2. The van der Waals surface area contributed by atoms with Gasteiger partial charge in [0.25, 0.3) is 0 Å². The first-order valence-electron chi connectivity index (χ1n) is 8.63. The fraction of sp³-hybridized carbons (Fsp3) is 0.389. The van der Waals surface area contributed by atoms with E-state index in [2.05, 4.69) is 26.3 Å². The van der Waals surface area contributed by atoms with Crippen LogP contribution in [0.1, 0.15) is 12.2 Å². The van der Waals surface area contributed by atoms with Crippen molar-refractivity contribution in [1.82, 2.24) is 25.2 Å². The Kier molecular flexibility index (Phi) is 5.85. The van der Waals surface area contributed by atoms with Crippen LogP contribution in [0.4, 0.5) is 5.82 Å². The van der Waals surface area contributed by atoms with Crippen LogP contribution in [0.15, 0.2) is 24.3 Å². The number of pyridine rings is 1. The molecule has 0 bridgehead atoms. The first kappa shape index (κ1) is 18.3. The third-order valence-corrected chi connectivity index (χ3v) is 4.64. The molecule has 0 atom stereocenters. The molecule has 138 valence electrons. The van der Waals surface area contributed by atoms with Crippen LogP contribution in [0.25, 0.3) is 21.9 Å². The van der Waals surface area contributed by atoms with Crippen LogP contribution in [-0.2, 0) is 17.7 Å². The lowest BCUT2D eigenvalue weighted by molar-refractivity contribution is 0.199. The van der Waals surface area contributed by atoms with E-state index in [4.69, 9.17) is 27.7 Å². The highest BCUT2D eigenvalue weighted by Gasteiger charge is 2.16. The molecule has 3 aromatic rings. The van der Waals surface area contributed by atoms with E-state index in [0.717, 1.165) is 53.7 Å². The average molecular weight is 372 g/mol. The molecule has 0 unspecified atom stereocenters. The quantitative estimate of drug-likeness (QED) is 0.431. The molecule has 0 saturated heterocycles. The summed E-state index contributed by atoms with van der Waals surface area (Å²) in [7, 11) is 3.50. The maximum atomic E-state index is 6.19. The van der Waals surface area contributed by atoms with Gasteiger partial charge >= 0.3 is 0 Å². The molecule has 1 aromatic carbocycles. The van der Waals surface area contributed by atoms with Gasteiger partial charge in [-0.1, -0.05) is 18.2 Å². The van der Waals surface area contributed by atoms with E-state index in [1.54, 1.807) is 7.11 Å². The molecular formula is C18H24N6OS.